The molecule has 0 aromatic carbocycles. The van der Waals surface area contributed by atoms with Crippen LogP contribution in [0.1, 0.15) is 24.1 Å². The molecule has 4 heteroatoms. The monoisotopic (exact) mass is 268 g/mol. The van der Waals surface area contributed by atoms with Crippen LogP contribution in [-0.2, 0) is 22.4 Å². The smallest absolute Gasteiger partial charge is 0.236 e. The molecular formula is C16H16N2O2. The van der Waals surface area contributed by atoms with E-state index >= 15 is 0 Å². The molecule has 0 radical (unpaired) electrons. The molecule has 1 unspecified atom stereocenters. The molecule has 0 bridgehead atoms. The van der Waals surface area contributed by atoms with Gasteiger partial charge >= 0.3 is 0 Å². The van der Waals surface area contributed by atoms with Crippen molar-refractivity contribution >= 4 is 17.3 Å². The average Bonchev–Trinajstić information content (AvgIpc) is 2.91. The maximum Gasteiger partial charge on any atom is 0.236 e. The molecule has 2 aromatic rings. The van der Waals surface area contributed by atoms with Gasteiger partial charge in [-0.2, -0.15) is 0 Å². The zero-order valence-electron chi connectivity index (χ0n) is 11.4. The summed E-state index contributed by atoms with van der Waals surface area (Å²) >= 11 is 0. The molecule has 1 atom stereocenters. The Morgan fingerprint density at radius 2 is 2.05 bits per heavy atom. The maximum absolute atomic E-state index is 12.5. The fraction of sp³-hybridized carbons (Fsp3) is 0.375. The average molecular weight is 268 g/mol. The van der Waals surface area contributed by atoms with Gasteiger partial charge in [0.2, 0.25) is 11.8 Å². The molecule has 0 saturated carbocycles. The largest absolute Gasteiger partial charge is 0.321 e. The summed E-state index contributed by atoms with van der Waals surface area (Å²) in [5.74, 6) is -0.0432. The zero-order chi connectivity index (χ0) is 13.9. The van der Waals surface area contributed by atoms with E-state index in [1.165, 1.54) is 21.7 Å². The van der Waals surface area contributed by atoms with E-state index in [1.54, 1.807) is 7.05 Å². The number of pyridine rings is 1. The van der Waals surface area contributed by atoms with Gasteiger partial charge in [-0.25, -0.2) is 0 Å². The quantitative estimate of drug-likeness (QED) is 0.684. The minimum atomic E-state index is -0.497. The lowest BCUT2D eigenvalue weighted by molar-refractivity contribution is -0.140. The van der Waals surface area contributed by atoms with Crippen molar-refractivity contribution < 1.29 is 9.59 Å². The number of rotatable bonds is 0. The Hall–Kier alpha value is -2.10. The highest BCUT2D eigenvalue weighted by Crippen LogP contribution is 2.44. The van der Waals surface area contributed by atoms with E-state index in [4.69, 9.17) is 0 Å². The van der Waals surface area contributed by atoms with Gasteiger partial charge in [-0.05, 0) is 36.6 Å². The van der Waals surface area contributed by atoms with Gasteiger partial charge in [0.15, 0.2) is 0 Å². The van der Waals surface area contributed by atoms with Gasteiger partial charge in [0.05, 0.1) is 5.41 Å². The van der Waals surface area contributed by atoms with E-state index in [2.05, 4.69) is 16.5 Å². The number of nitrogens with zero attached hydrogens (tertiary/aromatic N) is 2. The normalized spacial score (nSPS) is 25.8. The second kappa shape index (κ2) is 3.72. The molecule has 20 heavy (non-hydrogen) atoms. The van der Waals surface area contributed by atoms with Crippen molar-refractivity contribution in [2.75, 3.05) is 7.05 Å². The van der Waals surface area contributed by atoms with E-state index in [1.807, 2.05) is 18.3 Å². The van der Waals surface area contributed by atoms with Crippen molar-refractivity contribution in [1.82, 2.24) is 9.30 Å². The molecule has 4 rings (SSSR count). The second-order valence-corrected chi connectivity index (χ2v) is 6.00. The van der Waals surface area contributed by atoms with E-state index in [9.17, 15) is 9.59 Å². The Bertz CT molecular complexity index is 746. The number of amides is 2. The third kappa shape index (κ3) is 1.36. The van der Waals surface area contributed by atoms with Crippen molar-refractivity contribution in [3.8, 4) is 0 Å². The van der Waals surface area contributed by atoms with Crippen LogP contribution in [0.15, 0.2) is 30.5 Å². The van der Waals surface area contributed by atoms with Crippen molar-refractivity contribution in [1.29, 1.82) is 0 Å². The Morgan fingerprint density at radius 3 is 2.80 bits per heavy atom. The predicted octanol–water partition coefficient (Wildman–Crippen LogP) is 1.80. The summed E-state index contributed by atoms with van der Waals surface area (Å²) in [7, 11) is 1.60. The van der Waals surface area contributed by atoms with E-state index in [0.717, 1.165) is 12.8 Å². The number of likely N-dealkylation sites (tertiary alicyclic amines) is 1. The molecule has 102 valence electrons. The maximum atomic E-state index is 12.5. The number of aromatic nitrogens is 1. The third-order valence-electron chi connectivity index (χ3n) is 4.88. The van der Waals surface area contributed by atoms with Crippen molar-refractivity contribution in [3.05, 3.63) is 41.7 Å². The summed E-state index contributed by atoms with van der Waals surface area (Å²) in [6.45, 7) is 0. The molecule has 0 N–H and O–H groups in total. The summed E-state index contributed by atoms with van der Waals surface area (Å²) in [5.41, 5.74) is 3.18. The number of hydrogen-bond donors (Lipinski definition) is 0. The first-order chi connectivity index (χ1) is 9.61. The van der Waals surface area contributed by atoms with Crippen LogP contribution in [0.25, 0.3) is 5.52 Å². The van der Waals surface area contributed by atoms with Gasteiger partial charge < -0.3 is 4.40 Å². The summed E-state index contributed by atoms with van der Waals surface area (Å²) in [6.07, 6.45) is 4.74. The Morgan fingerprint density at radius 1 is 1.20 bits per heavy atom. The Balaban J connectivity index is 1.84. The van der Waals surface area contributed by atoms with Crippen LogP contribution in [-0.4, -0.2) is 28.2 Å². The molecule has 3 heterocycles. The number of hydrogen-bond acceptors (Lipinski definition) is 2. The van der Waals surface area contributed by atoms with Crippen LogP contribution < -0.4 is 0 Å². The first-order valence-electron chi connectivity index (χ1n) is 7.00. The summed E-state index contributed by atoms with van der Waals surface area (Å²) in [5, 5.41) is 0. The number of aryl methyl sites for hydroxylation is 1. The van der Waals surface area contributed by atoms with Gasteiger partial charge in [0.1, 0.15) is 0 Å². The molecule has 1 saturated heterocycles. The van der Waals surface area contributed by atoms with E-state index in [-0.39, 0.29) is 11.8 Å². The molecule has 1 aliphatic heterocycles. The number of carbonyl (C=O) groups is 2. The first-order valence-corrected chi connectivity index (χ1v) is 7.00. The molecule has 4 nitrogen and oxygen atoms in total. The number of imide groups is 1. The lowest BCUT2D eigenvalue weighted by atomic mass is 9.72. The summed E-state index contributed by atoms with van der Waals surface area (Å²) in [4.78, 5) is 25.6. The molecule has 1 spiro atoms. The van der Waals surface area contributed by atoms with Crippen LogP contribution in [0, 0.1) is 5.41 Å². The Kier molecular flexibility index (Phi) is 2.18. The minimum absolute atomic E-state index is 0.000897. The van der Waals surface area contributed by atoms with E-state index < -0.39 is 5.41 Å². The van der Waals surface area contributed by atoms with Gasteiger partial charge in [0, 0.05) is 37.3 Å². The van der Waals surface area contributed by atoms with Gasteiger partial charge in [-0.15, -0.1) is 0 Å². The van der Waals surface area contributed by atoms with Crippen LogP contribution >= 0.6 is 0 Å². The van der Waals surface area contributed by atoms with Gasteiger partial charge in [0.25, 0.3) is 0 Å². The lowest BCUT2D eigenvalue weighted by Crippen LogP contribution is -2.37. The van der Waals surface area contributed by atoms with Gasteiger partial charge in [-0.1, -0.05) is 6.07 Å². The van der Waals surface area contributed by atoms with E-state index in [0.29, 0.717) is 12.8 Å². The van der Waals surface area contributed by atoms with Crippen LogP contribution in [0.2, 0.25) is 0 Å². The lowest BCUT2D eigenvalue weighted by Gasteiger charge is -2.30. The second-order valence-electron chi connectivity index (χ2n) is 6.00. The molecular weight excluding hydrogens is 252 g/mol. The molecule has 1 fully saturated rings. The SMILES string of the molecule is CN1C(=O)CC2(CCc3cc4ccccn4c3C2)C1=O. The number of fused-ring (bicyclic) bond motifs is 3. The summed E-state index contributed by atoms with van der Waals surface area (Å²) in [6, 6.07) is 8.31. The molecule has 1 aliphatic carbocycles. The Labute approximate surface area is 117 Å². The van der Waals surface area contributed by atoms with Crippen molar-refractivity contribution in [2.24, 2.45) is 5.41 Å². The molecule has 2 amide bonds. The minimum Gasteiger partial charge on any atom is -0.321 e. The molecule has 2 aliphatic rings. The van der Waals surface area contributed by atoms with Crippen LogP contribution in [0.4, 0.5) is 0 Å². The summed E-state index contributed by atoms with van der Waals surface area (Å²) < 4.78 is 2.16. The zero-order valence-corrected chi connectivity index (χ0v) is 11.4. The van der Waals surface area contributed by atoms with Gasteiger partial charge in [-0.3, -0.25) is 14.5 Å². The highest BCUT2D eigenvalue weighted by molar-refractivity contribution is 6.05. The van der Waals surface area contributed by atoms with Crippen LogP contribution in [0.3, 0.4) is 0 Å². The highest BCUT2D eigenvalue weighted by atomic mass is 16.2. The fourth-order valence-corrected chi connectivity index (χ4v) is 3.72. The van der Waals surface area contributed by atoms with Crippen LogP contribution in [0.5, 0.6) is 0 Å². The first kappa shape index (κ1) is 11.7. The van der Waals surface area contributed by atoms with Crippen molar-refractivity contribution in [2.45, 2.75) is 25.7 Å². The number of carbonyl (C=O) groups excluding carboxylic acids is 2. The highest BCUT2D eigenvalue weighted by Gasteiger charge is 2.51. The fourth-order valence-electron chi connectivity index (χ4n) is 3.72. The predicted molar refractivity (Wildman–Crippen MR) is 74.2 cm³/mol. The third-order valence-corrected chi connectivity index (χ3v) is 4.88. The van der Waals surface area contributed by atoms with Crippen molar-refractivity contribution in [3.63, 3.8) is 0 Å². The topological polar surface area (TPSA) is 41.8 Å². The molecule has 2 aromatic heterocycles. The standard InChI is InChI=1S/C16H16N2O2/c1-17-14(19)10-16(15(17)20)6-5-11-8-12-4-2-3-7-18(12)13(11)9-16/h2-4,7-8H,5-6,9-10H2,1H3.